The molecule has 1 unspecified atom stereocenters. The SMILES string of the molecule is NC(C(=O)C=Cc1ccccc1)c1ccccc1. The Morgan fingerprint density at radius 2 is 1.50 bits per heavy atom. The predicted molar refractivity (Wildman–Crippen MR) is 73.9 cm³/mol. The van der Waals surface area contributed by atoms with E-state index < -0.39 is 6.04 Å². The molecule has 0 saturated heterocycles. The lowest BCUT2D eigenvalue weighted by atomic mass is 10.0. The fourth-order valence-electron chi connectivity index (χ4n) is 1.67. The highest BCUT2D eigenvalue weighted by molar-refractivity contribution is 5.98. The molecule has 90 valence electrons. The molecule has 0 radical (unpaired) electrons. The summed E-state index contributed by atoms with van der Waals surface area (Å²) in [5, 5.41) is 0. The molecule has 1 atom stereocenters. The standard InChI is InChI=1S/C16H15NO/c17-16(14-9-5-2-6-10-14)15(18)12-11-13-7-3-1-4-8-13/h1-12,16H,17H2. The van der Waals surface area contributed by atoms with Gasteiger partial charge in [0.15, 0.2) is 5.78 Å². The summed E-state index contributed by atoms with van der Waals surface area (Å²) in [6.07, 6.45) is 3.32. The number of rotatable bonds is 4. The minimum Gasteiger partial charge on any atom is -0.318 e. The van der Waals surface area contributed by atoms with Gasteiger partial charge in [0.05, 0.1) is 6.04 Å². The number of hydrogen-bond donors (Lipinski definition) is 1. The van der Waals surface area contributed by atoms with E-state index in [4.69, 9.17) is 5.73 Å². The van der Waals surface area contributed by atoms with Crippen molar-refractivity contribution in [3.8, 4) is 0 Å². The number of nitrogens with two attached hydrogens (primary N) is 1. The van der Waals surface area contributed by atoms with E-state index in [1.54, 1.807) is 6.08 Å². The van der Waals surface area contributed by atoms with E-state index in [2.05, 4.69) is 0 Å². The third-order valence-corrected chi connectivity index (χ3v) is 2.70. The van der Waals surface area contributed by atoms with Gasteiger partial charge in [0.25, 0.3) is 0 Å². The highest BCUT2D eigenvalue weighted by Crippen LogP contribution is 2.12. The Kier molecular flexibility index (Phi) is 4.05. The largest absolute Gasteiger partial charge is 0.318 e. The van der Waals surface area contributed by atoms with Crippen LogP contribution in [0, 0.1) is 0 Å². The van der Waals surface area contributed by atoms with Crippen LogP contribution in [0.4, 0.5) is 0 Å². The quantitative estimate of drug-likeness (QED) is 0.831. The van der Waals surface area contributed by atoms with Crippen molar-refractivity contribution in [2.24, 2.45) is 5.73 Å². The molecule has 2 nitrogen and oxygen atoms in total. The van der Waals surface area contributed by atoms with Gasteiger partial charge in [-0.3, -0.25) is 4.79 Å². The first-order chi connectivity index (χ1) is 8.77. The summed E-state index contributed by atoms with van der Waals surface area (Å²) in [6, 6.07) is 18.5. The third-order valence-electron chi connectivity index (χ3n) is 2.70. The van der Waals surface area contributed by atoms with Crippen molar-refractivity contribution < 1.29 is 4.79 Å². The second kappa shape index (κ2) is 5.94. The van der Waals surface area contributed by atoms with Crippen molar-refractivity contribution in [1.29, 1.82) is 0 Å². The Morgan fingerprint density at radius 3 is 2.11 bits per heavy atom. The van der Waals surface area contributed by atoms with E-state index in [1.807, 2.05) is 60.7 Å². The second-order valence-electron chi connectivity index (χ2n) is 4.03. The average molecular weight is 237 g/mol. The van der Waals surface area contributed by atoms with Crippen LogP contribution in [0.1, 0.15) is 17.2 Å². The molecule has 0 aliphatic carbocycles. The van der Waals surface area contributed by atoms with Gasteiger partial charge in [-0.2, -0.15) is 0 Å². The highest BCUT2D eigenvalue weighted by Gasteiger charge is 2.11. The van der Waals surface area contributed by atoms with E-state index in [0.29, 0.717) is 0 Å². The van der Waals surface area contributed by atoms with Crippen LogP contribution in [0.25, 0.3) is 6.08 Å². The normalized spacial score (nSPS) is 12.5. The molecule has 0 spiro atoms. The van der Waals surface area contributed by atoms with Gasteiger partial charge < -0.3 is 5.73 Å². The van der Waals surface area contributed by atoms with Crippen LogP contribution in [0.5, 0.6) is 0 Å². The number of carbonyl (C=O) groups is 1. The Balaban J connectivity index is 2.07. The Labute approximate surface area is 107 Å². The second-order valence-corrected chi connectivity index (χ2v) is 4.03. The monoisotopic (exact) mass is 237 g/mol. The lowest BCUT2D eigenvalue weighted by molar-refractivity contribution is -0.115. The smallest absolute Gasteiger partial charge is 0.176 e. The molecule has 0 fully saturated rings. The summed E-state index contributed by atoms with van der Waals surface area (Å²) in [5.74, 6) is -0.0925. The van der Waals surface area contributed by atoms with Crippen molar-refractivity contribution in [3.05, 3.63) is 77.9 Å². The molecule has 0 aliphatic rings. The van der Waals surface area contributed by atoms with Gasteiger partial charge in [0.2, 0.25) is 0 Å². The highest BCUT2D eigenvalue weighted by atomic mass is 16.1. The van der Waals surface area contributed by atoms with Crippen LogP contribution >= 0.6 is 0 Å². The maximum absolute atomic E-state index is 11.9. The third kappa shape index (κ3) is 3.15. The van der Waals surface area contributed by atoms with E-state index in [-0.39, 0.29) is 5.78 Å². The summed E-state index contributed by atoms with van der Waals surface area (Å²) in [7, 11) is 0. The van der Waals surface area contributed by atoms with Crippen molar-refractivity contribution >= 4 is 11.9 Å². The molecule has 2 aromatic rings. The molecule has 2 heteroatoms. The number of ketones is 1. The zero-order valence-corrected chi connectivity index (χ0v) is 9.99. The summed E-state index contributed by atoms with van der Waals surface area (Å²) in [4.78, 5) is 11.9. The van der Waals surface area contributed by atoms with Crippen LogP contribution in [0.15, 0.2) is 66.7 Å². The molecular weight excluding hydrogens is 222 g/mol. The van der Waals surface area contributed by atoms with E-state index in [9.17, 15) is 4.79 Å². The summed E-state index contributed by atoms with van der Waals surface area (Å²) in [5.41, 5.74) is 7.73. The van der Waals surface area contributed by atoms with Crippen LogP contribution in [-0.2, 0) is 4.79 Å². The fraction of sp³-hybridized carbons (Fsp3) is 0.0625. The van der Waals surface area contributed by atoms with Gasteiger partial charge in [-0.05, 0) is 17.2 Å². The molecule has 0 aromatic heterocycles. The molecule has 2 rings (SSSR count). The molecule has 2 N–H and O–H groups in total. The van der Waals surface area contributed by atoms with E-state index in [0.717, 1.165) is 11.1 Å². The van der Waals surface area contributed by atoms with Gasteiger partial charge >= 0.3 is 0 Å². The Morgan fingerprint density at radius 1 is 0.944 bits per heavy atom. The predicted octanol–water partition coefficient (Wildman–Crippen LogP) is 2.97. The lowest BCUT2D eigenvalue weighted by Crippen LogP contribution is -2.19. The fourth-order valence-corrected chi connectivity index (χ4v) is 1.67. The minimum absolute atomic E-state index is 0.0925. The summed E-state index contributed by atoms with van der Waals surface area (Å²) in [6.45, 7) is 0. The van der Waals surface area contributed by atoms with Crippen molar-refractivity contribution in [1.82, 2.24) is 0 Å². The first kappa shape index (κ1) is 12.3. The summed E-state index contributed by atoms with van der Waals surface area (Å²) < 4.78 is 0. The zero-order valence-electron chi connectivity index (χ0n) is 9.99. The molecule has 0 saturated carbocycles. The van der Waals surface area contributed by atoms with Gasteiger partial charge in [-0.25, -0.2) is 0 Å². The molecule has 0 heterocycles. The van der Waals surface area contributed by atoms with Crippen LogP contribution in [0.2, 0.25) is 0 Å². The number of benzene rings is 2. The van der Waals surface area contributed by atoms with Crippen molar-refractivity contribution in [2.45, 2.75) is 6.04 Å². The lowest BCUT2D eigenvalue weighted by Gasteiger charge is -2.07. The Bertz CT molecular complexity index is 532. The molecular formula is C16H15NO. The number of hydrogen-bond acceptors (Lipinski definition) is 2. The topological polar surface area (TPSA) is 43.1 Å². The van der Waals surface area contributed by atoms with E-state index >= 15 is 0 Å². The molecule has 0 bridgehead atoms. The van der Waals surface area contributed by atoms with Gasteiger partial charge in [-0.1, -0.05) is 66.7 Å². The molecule has 0 amide bonds. The van der Waals surface area contributed by atoms with Gasteiger partial charge in [0.1, 0.15) is 0 Å². The van der Waals surface area contributed by atoms with Crippen LogP contribution < -0.4 is 5.73 Å². The van der Waals surface area contributed by atoms with Crippen LogP contribution in [-0.4, -0.2) is 5.78 Å². The van der Waals surface area contributed by atoms with Crippen molar-refractivity contribution in [2.75, 3.05) is 0 Å². The first-order valence-corrected chi connectivity index (χ1v) is 5.85. The maximum atomic E-state index is 11.9. The van der Waals surface area contributed by atoms with Crippen LogP contribution in [0.3, 0.4) is 0 Å². The van der Waals surface area contributed by atoms with Gasteiger partial charge in [0, 0.05) is 0 Å². The maximum Gasteiger partial charge on any atom is 0.176 e. The summed E-state index contributed by atoms with van der Waals surface area (Å²) >= 11 is 0. The number of carbonyl (C=O) groups excluding carboxylic acids is 1. The first-order valence-electron chi connectivity index (χ1n) is 5.85. The molecule has 0 aliphatic heterocycles. The Hall–Kier alpha value is -2.19. The van der Waals surface area contributed by atoms with Crippen molar-refractivity contribution in [3.63, 3.8) is 0 Å². The average Bonchev–Trinajstić information content (AvgIpc) is 2.46. The van der Waals surface area contributed by atoms with E-state index in [1.165, 1.54) is 6.08 Å². The molecule has 18 heavy (non-hydrogen) atoms. The minimum atomic E-state index is -0.592. The zero-order chi connectivity index (χ0) is 12.8. The van der Waals surface area contributed by atoms with Gasteiger partial charge in [-0.15, -0.1) is 0 Å². The molecule has 2 aromatic carbocycles.